The average Bonchev–Trinajstić information content (AvgIpc) is 2.50. The Kier molecular flexibility index (Phi) is 7.08. The number of methoxy groups -OCH3 is 1. The number of carbonyl (C=O) groups is 3. The molecule has 6 nitrogen and oxygen atoms in total. The summed E-state index contributed by atoms with van der Waals surface area (Å²) in [5.74, 6) is -0.590. The lowest BCUT2D eigenvalue weighted by atomic mass is 10.1. The fraction of sp³-hybridized carbons (Fsp3) is 0.438. The van der Waals surface area contributed by atoms with Crippen LogP contribution in [0.2, 0.25) is 0 Å². The molecule has 0 aliphatic carbocycles. The number of aliphatic carboxylic acids is 1. The average molecular weight is 307 g/mol. The zero-order valence-corrected chi connectivity index (χ0v) is 12.8. The Morgan fingerprint density at radius 3 is 2.32 bits per heavy atom. The van der Waals surface area contributed by atoms with Gasteiger partial charge in [0.1, 0.15) is 5.75 Å². The van der Waals surface area contributed by atoms with Gasteiger partial charge in [0.05, 0.1) is 7.11 Å². The van der Waals surface area contributed by atoms with Crippen molar-refractivity contribution >= 4 is 17.7 Å². The van der Waals surface area contributed by atoms with Gasteiger partial charge in [-0.05, 0) is 37.6 Å². The lowest BCUT2D eigenvalue weighted by Crippen LogP contribution is -2.33. The molecule has 1 unspecified atom stereocenters. The van der Waals surface area contributed by atoms with Gasteiger partial charge in [0, 0.05) is 30.9 Å². The molecule has 0 saturated carbocycles. The van der Waals surface area contributed by atoms with Crippen molar-refractivity contribution in [2.75, 3.05) is 7.11 Å². The summed E-state index contributed by atoms with van der Waals surface area (Å²) in [5, 5.41) is 11.3. The molecule has 0 radical (unpaired) electrons. The van der Waals surface area contributed by atoms with Crippen LogP contribution in [0, 0.1) is 0 Å². The summed E-state index contributed by atoms with van der Waals surface area (Å²) < 4.78 is 5.01. The number of ketones is 1. The molecule has 0 aromatic heterocycles. The fourth-order valence-corrected chi connectivity index (χ4v) is 1.91. The van der Waals surface area contributed by atoms with Gasteiger partial charge in [-0.2, -0.15) is 0 Å². The van der Waals surface area contributed by atoms with E-state index in [1.807, 2.05) is 0 Å². The standard InChI is InChI=1S/C16H21NO5/c1-11(3-10-16(20)21)17-15(19)9-8-14(18)12-4-6-13(22-2)7-5-12/h4-7,11H,3,8-10H2,1-2H3,(H,17,19)(H,20,21). The summed E-state index contributed by atoms with van der Waals surface area (Å²) in [6.07, 6.45) is 0.575. The SMILES string of the molecule is COc1ccc(C(=O)CCC(=O)NC(C)CCC(=O)O)cc1. The fourth-order valence-electron chi connectivity index (χ4n) is 1.91. The summed E-state index contributed by atoms with van der Waals surface area (Å²) in [4.78, 5) is 34.1. The minimum atomic E-state index is -0.893. The van der Waals surface area contributed by atoms with Gasteiger partial charge in [-0.15, -0.1) is 0 Å². The molecule has 2 N–H and O–H groups in total. The van der Waals surface area contributed by atoms with Crippen LogP contribution in [0.25, 0.3) is 0 Å². The van der Waals surface area contributed by atoms with Crippen LogP contribution in [-0.2, 0) is 9.59 Å². The van der Waals surface area contributed by atoms with Gasteiger partial charge in [-0.3, -0.25) is 14.4 Å². The maximum absolute atomic E-state index is 12.0. The Morgan fingerprint density at radius 1 is 1.14 bits per heavy atom. The van der Waals surface area contributed by atoms with E-state index in [4.69, 9.17) is 9.84 Å². The van der Waals surface area contributed by atoms with E-state index in [0.29, 0.717) is 17.7 Å². The molecule has 0 saturated heterocycles. The number of rotatable bonds is 9. The first-order valence-corrected chi connectivity index (χ1v) is 7.10. The summed E-state index contributed by atoms with van der Waals surface area (Å²) in [6.45, 7) is 1.74. The van der Waals surface area contributed by atoms with E-state index in [-0.39, 0.29) is 37.0 Å². The third-order valence-electron chi connectivity index (χ3n) is 3.19. The maximum atomic E-state index is 12.0. The van der Waals surface area contributed by atoms with E-state index in [9.17, 15) is 14.4 Å². The van der Waals surface area contributed by atoms with Crippen molar-refractivity contribution < 1.29 is 24.2 Å². The number of carbonyl (C=O) groups excluding carboxylic acids is 2. The molecule has 1 rings (SSSR count). The number of amides is 1. The maximum Gasteiger partial charge on any atom is 0.303 e. The number of ether oxygens (including phenoxy) is 1. The van der Waals surface area contributed by atoms with Crippen molar-refractivity contribution in [1.29, 1.82) is 0 Å². The van der Waals surface area contributed by atoms with Crippen molar-refractivity contribution in [3.63, 3.8) is 0 Å². The number of Topliss-reactive ketones (excluding diaryl/α,β-unsaturated/α-hetero) is 1. The number of hydrogen-bond donors (Lipinski definition) is 2. The van der Waals surface area contributed by atoms with Gasteiger partial charge >= 0.3 is 5.97 Å². The molecule has 0 aliphatic heterocycles. The van der Waals surface area contributed by atoms with Gasteiger partial charge in [-0.25, -0.2) is 0 Å². The van der Waals surface area contributed by atoms with Crippen molar-refractivity contribution in [3.05, 3.63) is 29.8 Å². The summed E-state index contributed by atoms with van der Waals surface area (Å²) >= 11 is 0. The molecule has 120 valence electrons. The monoisotopic (exact) mass is 307 g/mol. The number of hydrogen-bond acceptors (Lipinski definition) is 4. The smallest absolute Gasteiger partial charge is 0.303 e. The van der Waals surface area contributed by atoms with Crippen molar-refractivity contribution in [1.82, 2.24) is 5.32 Å². The molecule has 1 aromatic carbocycles. The molecular formula is C16H21NO5. The predicted octanol–water partition coefficient (Wildman–Crippen LogP) is 2.03. The van der Waals surface area contributed by atoms with Gasteiger partial charge in [0.2, 0.25) is 5.91 Å². The molecule has 6 heteroatoms. The van der Waals surface area contributed by atoms with Crippen molar-refractivity contribution in [2.24, 2.45) is 0 Å². The van der Waals surface area contributed by atoms with Crippen LogP contribution in [0.5, 0.6) is 5.75 Å². The predicted molar refractivity (Wildman–Crippen MR) is 81.0 cm³/mol. The van der Waals surface area contributed by atoms with E-state index < -0.39 is 5.97 Å². The number of carboxylic acids is 1. The lowest BCUT2D eigenvalue weighted by molar-refractivity contribution is -0.137. The highest BCUT2D eigenvalue weighted by atomic mass is 16.5. The Morgan fingerprint density at radius 2 is 1.77 bits per heavy atom. The highest BCUT2D eigenvalue weighted by molar-refractivity contribution is 5.98. The Hall–Kier alpha value is -2.37. The van der Waals surface area contributed by atoms with E-state index in [1.165, 1.54) is 0 Å². The minimum Gasteiger partial charge on any atom is -0.497 e. The molecule has 1 amide bonds. The minimum absolute atomic E-state index is 0.00618. The van der Waals surface area contributed by atoms with Gasteiger partial charge in [0.15, 0.2) is 5.78 Å². The van der Waals surface area contributed by atoms with Crippen LogP contribution in [0.1, 0.15) is 43.0 Å². The highest BCUT2D eigenvalue weighted by Gasteiger charge is 2.12. The first kappa shape index (κ1) is 17.7. The van der Waals surface area contributed by atoms with Crippen LogP contribution in [0.4, 0.5) is 0 Å². The molecule has 0 heterocycles. The highest BCUT2D eigenvalue weighted by Crippen LogP contribution is 2.13. The topological polar surface area (TPSA) is 92.7 Å². The van der Waals surface area contributed by atoms with Crippen LogP contribution in [0.3, 0.4) is 0 Å². The lowest BCUT2D eigenvalue weighted by Gasteiger charge is -2.12. The van der Waals surface area contributed by atoms with E-state index in [2.05, 4.69) is 5.32 Å². The molecule has 22 heavy (non-hydrogen) atoms. The normalized spacial score (nSPS) is 11.5. The second-order valence-electron chi connectivity index (χ2n) is 5.05. The summed E-state index contributed by atoms with van der Waals surface area (Å²) in [5.41, 5.74) is 0.535. The molecule has 0 bridgehead atoms. The third kappa shape index (κ3) is 6.39. The molecule has 0 fully saturated rings. The molecule has 0 aliphatic rings. The molecule has 1 aromatic rings. The molecule has 0 spiro atoms. The van der Waals surface area contributed by atoms with E-state index >= 15 is 0 Å². The number of nitrogens with one attached hydrogen (secondary N) is 1. The first-order valence-electron chi connectivity index (χ1n) is 7.10. The zero-order chi connectivity index (χ0) is 16.5. The Bertz CT molecular complexity index is 524. The van der Waals surface area contributed by atoms with E-state index in [1.54, 1.807) is 38.3 Å². The van der Waals surface area contributed by atoms with Crippen LogP contribution < -0.4 is 10.1 Å². The quantitative estimate of drug-likeness (QED) is 0.681. The Balaban J connectivity index is 2.36. The van der Waals surface area contributed by atoms with Gasteiger partial charge < -0.3 is 15.2 Å². The molecule has 1 atom stereocenters. The third-order valence-corrected chi connectivity index (χ3v) is 3.19. The van der Waals surface area contributed by atoms with Crippen LogP contribution >= 0.6 is 0 Å². The van der Waals surface area contributed by atoms with Gasteiger partial charge in [-0.1, -0.05) is 0 Å². The summed E-state index contributed by atoms with van der Waals surface area (Å²) in [6, 6.07) is 6.49. The zero-order valence-electron chi connectivity index (χ0n) is 12.8. The number of benzene rings is 1. The van der Waals surface area contributed by atoms with Gasteiger partial charge in [0.25, 0.3) is 0 Å². The second-order valence-corrected chi connectivity index (χ2v) is 5.05. The van der Waals surface area contributed by atoms with Crippen LogP contribution in [-0.4, -0.2) is 35.9 Å². The second kappa shape index (κ2) is 8.81. The number of carboxylic acid groups (broad SMARTS) is 1. The largest absolute Gasteiger partial charge is 0.497 e. The first-order chi connectivity index (χ1) is 10.4. The Labute approximate surface area is 129 Å². The van der Waals surface area contributed by atoms with E-state index in [0.717, 1.165) is 0 Å². The molecular weight excluding hydrogens is 286 g/mol. The summed E-state index contributed by atoms with van der Waals surface area (Å²) in [7, 11) is 1.55. The van der Waals surface area contributed by atoms with Crippen LogP contribution in [0.15, 0.2) is 24.3 Å². The van der Waals surface area contributed by atoms with Crippen molar-refractivity contribution in [2.45, 2.75) is 38.6 Å². The van der Waals surface area contributed by atoms with Crippen molar-refractivity contribution in [3.8, 4) is 5.75 Å².